The molecule has 1 aromatic heterocycles. The van der Waals surface area contributed by atoms with Crippen LogP contribution < -0.4 is 11.5 Å². The maximum atomic E-state index is 8.61. The fourth-order valence-corrected chi connectivity index (χ4v) is 6.04. The van der Waals surface area contributed by atoms with Crippen LogP contribution in [0.4, 0.5) is 0 Å². The average molecular weight is 1280 g/mol. The molecule has 5 aromatic rings. The first-order valence-corrected chi connectivity index (χ1v) is 28.3. The Hall–Kier alpha value is -4.51. The second kappa shape index (κ2) is 53.5. The van der Waals surface area contributed by atoms with Crippen LogP contribution in [0.2, 0.25) is 0 Å². The van der Waals surface area contributed by atoms with Crippen molar-refractivity contribution in [1.29, 1.82) is 5.26 Å². The first-order valence-electron chi connectivity index (χ1n) is 28.3. The van der Waals surface area contributed by atoms with E-state index in [1.54, 1.807) is 6.92 Å². The summed E-state index contributed by atoms with van der Waals surface area (Å²) in [6, 6.07) is 33.8. The van der Waals surface area contributed by atoms with Crippen LogP contribution >= 0.6 is 0 Å². The van der Waals surface area contributed by atoms with Crippen LogP contribution in [0, 0.1) is 84.0 Å². The van der Waals surface area contributed by atoms with Crippen LogP contribution in [0.25, 0.3) is 11.4 Å². The number of aromatic nitrogens is 2. The summed E-state index contributed by atoms with van der Waals surface area (Å²) in [7, 11) is 0. The van der Waals surface area contributed by atoms with Crippen molar-refractivity contribution < 1.29 is 59.0 Å². The number of nitrogens with zero attached hydrogens (tertiary/aromatic N) is 5. The molecule has 4 aromatic carbocycles. The molecule has 0 fully saturated rings. The predicted octanol–water partition coefficient (Wildman–Crippen LogP) is 19.7. The molecule has 77 heavy (non-hydrogen) atoms. The summed E-state index contributed by atoms with van der Waals surface area (Å²) in [6.45, 7) is 60.3. The Morgan fingerprint density at radius 2 is 0.688 bits per heavy atom. The molecule has 10 nitrogen and oxygen atoms in total. The number of benzene rings is 4. The number of hydrogen-bond donors (Lipinski definition) is 4. The summed E-state index contributed by atoms with van der Waals surface area (Å²) >= 11 is 0. The molecule has 0 amide bonds. The van der Waals surface area contributed by atoms with Gasteiger partial charge in [0.1, 0.15) is 0 Å². The summed E-state index contributed by atoms with van der Waals surface area (Å²) in [5.41, 5.74) is 20.5. The predicted molar refractivity (Wildman–Crippen MR) is 337 cm³/mol. The second-order valence-electron chi connectivity index (χ2n) is 20.0. The van der Waals surface area contributed by atoms with Crippen molar-refractivity contribution >= 4 is 11.7 Å². The van der Waals surface area contributed by atoms with Gasteiger partial charge in [-0.15, -0.1) is 0 Å². The van der Waals surface area contributed by atoms with Crippen molar-refractivity contribution in [3.63, 3.8) is 0 Å². The third kappa shape index (κ3) is 50.7. The Balaban J connectivity index is -0.000000126. The third-order valence-electron chi connectivity index (χ3n) is 8.48. The van der Waals surface area contributed by atoms with E-state index in [-0.39, 0.29) is 66.6 Å². The molecule has 0 aliphatic carbocycles. The van der Waals surface area contributed by atoms with Gasteiger partial charge in [0.15, 0.2) is 11.7 Å². The summed E-state index contributed by atoms with van der Waals surface area (Å²) in [4.78, 5) is 4.21. The fourth-order valence-electron chi connectivity index (χ4n) is 6.04. The van der Waals surface area contributed by atoms with Gasteiger partial charge < -0.3 is 26.4 Å². The zero-order chi connectivity index (χ0) is 61.3. The number of rotatable bonds is 7. The van der Waals surface area contributed by atoms with Gasteiger partial charge in [0, 0.05) is 67.7 Å². The molecule has 1 radical (unpaired) electrons. The van der Waals surface area contributed by atoms with E-state index in [1.165, 1.54) is 22.3 Å². The van der Waals surface area contributed by atoms with Gasteiger partial charge >= 0.3 is 0 Å². The first-order chi connectivity index (χ1) is 35.8. The van der Waals surface area contributed by atoms with Gasteiger partial charge in [-0.2, -0.15) is 10.2 Å². The molecule has 0 atom stereocenters. The summed E-state index contributed by atoms with van der Waals surface area (Å²) < 4.78 is 4.97. The number of nitrogens with two attached hydrogens (primary N) is 2. The molecule has 11 heteroatoms. The number of nitriles is 1. The van der Waals surface area contributed by atoms with Crippen LogP contribution in [0.5, 0.6) is 0 Å². The molecule has 6 N–H and O–H groups in total. The maximum Gasteiger partial charge on any atom is 0.223 e. The van der Waals surface area contributed by atoms with Crippen LogP contribution in [0.1, 0.15) is 239 Å². The minimum Gasteiger partial charge on any atom is -0.409 e. The minimum absolute atomic E-state index is 0. The number of oxime groups is 2. The van der Waals surface area contributed by atoms with Gasteiger partial charge in [-0.05, 0) is 81.7 Å². The van der Waals surface area contributed by atoms with Gasteiger partial charge in [0.05, 0.1) is 11.6 Å². The normalized spacial score (nSPS) is 10.1. The van der Waals surface area contributed by atoms with Gasteiger partial charge in [0.2, 0.25) is 11.7 Å². The van der Waals surface area contributed by atoms with Crippen molar-refractivity contribution in [2.45, 2.75) is 226 Å². The Kier molecular flexibility index (Phi) is 61.9. The zero-order valence-corrected chi connectivity index (χ0v) is 59.6. The van der Waals surface area contributed by atoms with Gasteiger partial charge in [-0.3, -0.25) is 0 Å². The second-order valence-corrected chi connectivity index (χ2v) is 20.0. The smallest absolute Gasteiger partial charge is 0.223 e. The van der Waals surface area contributed by atoms with E-state index >= 15 is 0 Å². The number of hydrogen-bond acceptors (Lipinski definition) is 8. The van der Waals surface area contributed by atoms with Crippen LogP contribution in [0.15, 0.2) is 112 Å². The standard InChI is InChI=1S/C14H18N2O.2C12H18N2O.C12H15N.8C2H6.Ac/c1-10-15-13(16-17-10)12-7-5-11(6-8-12)9-14(2,3)4;2*1-12(2,3)8-9-4-6-10(7-5-9)11(13)14-15;1-12(2,3)8-10-4-6-11(9-13)7-5-10;8*1-2;/h5-8H,9H2,1-4H3;2*4-7,15H,8H2,1-3H3,(H2,13,14);4-7H,8H2,1-3H3;8*1-2H3;. The largest absolute Gasteiger partial charge is 0.409 e. The van der Waals surface area contributed by atoms with Gasteiger partial charge in [0.25, 0.3) is 0 Å². The Morgan fingerprint density at radius 3 is 0.883 bits per heavy atom. The molecule has 1 heterocycles. The molecule has 5 rings (SSSR count). The van der Waals surface area contributed by atoms with E-state index in [0.29, 0.717) is 22.5 Å². The third-order valence-corrected chi connectivity index (χ3v) is 8.48. The van der Waals surface area contributed by atoms with Crippen molar-refractivity contribution in [3.8, 4) is 17.5 Å². The molecule has 0 saturated carbocycles. The van der Waals surface area contributed by atoms with Crippen molar-refractivity contribution in [2.75, 3.05) is 0 Å². The summed E-state index contributed by atoms with van der Waals surface area (Å²) in [6.07, 6.45) is 4.16. The molecular weight excluding hydrogens is 1170 g/mol. The SMILES string of the molecule is CC.CC.CC.CC.CC.CC.CC.CC.CC(C)(C)Cc1ccc(/C(N)=N/O)cc1.CC(C)(C)Cc1ccc(/C(N)=N/O)cc1.CC(C)(C)Cc1ccc(C#N)cc1.Cc1nc(-c2ccc(CC(C)(C)C)cc2)no1.[Ac]. The number of aryl methyl sites for hydroxylation is 1. The van der Waals surface area contributed by atoms with E-state index < -0.39 is 0 Å². The van der Waals surface area contributed by atoms with E-state index in [1.807, 2.05) is 196 Å². The topological polar surface area (TPSA) is 180 Å². The summed E-state index contributed by atoms with van der Waals surface area (Å²) in [5, 5.41) is 35.4. The van der Waals surface area contributed by atoms with E-state index in [2.05, 4.69) is 122 Å². The molecule has 0 aliphatic rings. The summed E-state index contributed by atoms with van der Waals surface area (Å²) in [5.74, 6) is 1.55. The first kappa shape index (κ1) is 89.1. The maximum absolute atomic E-state index is 8.61. The van der Waals surface area contributed by atoms with Gasteiger partial charge in [-0.1, -0.05) is 294 Å². The molecule has 437 valence electrons. The Morgan fingerprint density at radius 1 is 0.455 bits per heavy atom. The molecule has 0 aliphatic heterocycles. The average Bonchev–Trinajstić information content (AvgIpc) is 3.86. The molecule has 0 bridgehead atoms. The monoisotopic (exact) mass is 1280 g/mol. The molecule has 0 spiro atoms. The molecular formula is C66H117AcN7O3. The van der Waals surface area contributed by atoms with Crippen molar-refractivity contribution in [2.24, 2.45) is 43.4 Å². The fraction of sp³-hybridized carbons (Fsp3) is 0.561. The number of amidine groups is 2. The Labute approximate surface area is 511 Å². The van der Waals surface area contributed by atoms with Crippen LogP contribution in [-0.4, -0.2) is 32.2 Å². The van der Waals surface area contributed by atoms with E-state index in [0.717, 1.165) is 47.9 Å². The minimum atomic E-state index is 0. The van der Waals surface area contributed by atoms with Gasteiger partial charge in [-0.25, -0.2) is 0 Å². The van der Waals surface area contributed by atoms with Crippen molar-refractivity contribution in [3.05, 3.63) is 142 Å². The van der Waals surface area contributed by atoms with E-state index in [4.69, 9.17) is 31.7 Å². The molecule has 0 unspecified atom stereocenters. The zero-order valence-electron chi connectivity index (χ0n) is 54.8. The van der Waals surface area contributed by atoms with Crippen LogP contribution in [-0.2, 0) is 25.7 Å². The Bertz CT molecular complexity index is 2050. The quantitative estimate of drug-likeness (QED) is 0.0538. The van der Waals surface area contributed by atoms with E-state index in [9.17, 15) is 0 Å². The molecule has 0 saturated heterocycles. The van der Waals surface area contributed by atoms with Crippen LogP contribution in [0.3, 0.4) is 0 Å². The van der Waals surface area contributed by atoms with Crippen molar-refractivity contribution in [1.82, 2.24) is 10.1 Å².